The first-order valence-electron chi connectivity index (χ1n) is 5.76. The fourth-order valence-electron chi connectivity index (χ4n) is 2.14. The lowest BCUT2D eigenvalue weighted by Gasteiger charge is -2.30. The van der Waals surface area contributed by atoms with Crippen LogP contribution in [-0.4, -0.2) is 25.8 Å². The van der Waals surface area contributed by atoms with Crippen molar-refractivity contribution in [2.75, 3.05) is 13.1 Å². The molecule has 5 heteroatoms. The molecule has 94 valence electrons. The highest BCUT2D eigenvalue weighted by molar-refractivity contribution is 9.10. The molecular weight excluding hydrogens is 302 g/mol. The summed E-state index contributed by atoms with van der Waals surface area (Å²) in [7, 11) is -3.31. The Bertz CT molecular complexity index is 501. The predicted molar refractivity (Wildman–Crippen MR) is 71.3 cm³/mol. The zero-order valence-electron chi connectivity index (χ0n) is 9.77. The SMILES string of the molecule is C[C@H]1CCCN(S(=O)(=O)c2cccc(Br)c2)C1. The van der Waals surface area contributed by atoms with Crippen LogP contribution in [0.1, 0.15) is 19.8 Å². The van der Waals surface area contributed by atoms with Gasteiger partial charge in [0.2, 0.25) is 10.0 Å². The number of halogens is 1. The molecule has 1 aromatic carbocycles. The van der Waals surface area contributed by atoms with Gasteiger partial charge in [-0.2, -0.15) is 4.31 Å². The summed E-state index contributed by atoms with van der Waals surface area (Å²) in [6.45, 7) is 3.37. The molecule has 0 spiro atoms. The Balaban J connectivity index is 2.29. The maximum atomic E-state index is 12.4. The van der Waals surface area contributed by atoms with Crippen LogP contribution in [0.2, 0.25) is 0 Å². The average Bonchev–Trinajstić information content (AvgIpc) is 2.29. The van der Waals surface area contributed by atoms with Crippen molar-refractivity contribution in [1.29, 1.82) is 0 Å². The molecule has 0 N–H and O–H groups in total. The van der Waals surface area contributed by atoms with E-state index in [0.717, 1.165) is 17.3 Å². The summed E-state index contributed by atoms with van der Waals surface area (Å²) in [4.78, 5) is 0.376. The van der Waals surface area contributed by atoms with E-state index in [1.54, 1.807) is 22.5 Å². The van der Waals surface area contributed by atoms with Crippen molar-refractivity contribution in [1.82, 2.24) is 4.31 Å². The Hall–Kier alpha value is -0.390. The molecule has 1 aliphatic rings. The second kappa shape index (κ2) is 5.08. The van der Waals surface area contributed by atoms with Crippen molar-refractivity contribution in [2.45, 2.75) is 24.7 Å². The normalized spacial score (nSPS) is 22.6. The highest BCUT2D eigenvalue weighted by Gasteiger charge is 2.28. The number of hydrogen-bond donors (Lipinski definition) is 0. The van der Waals surface area contributed by atoms with Crippen molar-refractivity contribution in [3.63, 3.8) is 0 Å². The first-order chi connectivity index (χ1) is 8.00. The molecule has 1 aliphatic heterocycles. The summed E-state index contributed by atoms with van der Waals surface area (Å²) in [5.41, 5.74) is 0. The van der Waals surface area contributed by atoms with Gasteiger partial charge in [0.25, 0.3) is 0 Å². The first-order valence-corrected chi connectivity index (χ1v) is 7.99. The third kappa shape index (κ3) is 2.89. The molecule has 2 rings (SSSR count). The Labute approximate surface area is 111 Å². The standard InChI is InChI=1S/C12H16BrNO2S/c1-10-4-3-7-14(9-10)17(15,16)12-6-2-5-11(13)8-12/h2,5-6,8,10H,3-4,7,9H2,1H3/t10-/m0/s1. The van der Waals surface area contributed by atoms with E-state index in [9.17, 15) is 8.42 Å². The minimum absolute atomic E-state index is 0.376. The lowest BCUT2D eigenvalue weighted by molar-refractivity contribution is 0.281. The Morgan fingerprint density at radius 3 is 2.82 bits per heavy atom. The van der Waals surface area contributed by atoms with Gasteiger partial charge in [-0.1, -0.05) is 28.9 Å². The van der Waals surface area contributed by atoms with Crippen molar-refractivity contribution >= 4 is 26.0 Å². The lowest BCUT2D eigenvalue weighted by atomic mass is 10.0. The number of hydrogen-bond acceptors (Lipinski definition) is 2. The zero-order valence-corrected chi connectivity index (χ0v) is 12.2. The molecule has 0 aliphatic carbocycles. The second-order valence-corrected chi connectivity index (χ2v) is 7.42. The maximum absolute atomic E-state index is 12.4. The van der Waals surface area contributed by atoms with Gasteiger partial charge < -0.3 is 0 Å². The molecule has 0 amide bonds. The monoisotopic (exact) mass is 317 g/mol. The Kier molecular flexibility index (Phi) is 3.90. The van der Waals surface area contributed by atoms with E-state index in [-0.39, 0.29) is 0 Å². The summed E-state index contributed by atoms with van der Waals surface area (Å²) in [6.07, 6.45) is 2.07. The van der Waals surface area contributed by atoms with Crippen LogP contribution in [0, 0.1) is 5.92 Å². The van der Waals surface area contributed by atoms with Crippen LogP contribution in [-0.2, 0) is 10.0 Å². The highest BCUT2D eigenvalue weighted by Crippen LogP contribution is 2.24. The van der Waals surface area contributed by atoms with Gasteiger partial charge >= 0.3 is 0 Å². The summed E-state index contributed by atoms with van der Waals surface area (Å²) in [5.74, 6) is 0.450. The minimum atomic E-state index is -3.31. The van der Waals surface area contributed by atoms with Crippen LogP contribution in [0.5, 0.6) is 0 Å². The molecule has 0 unspecified atom stereocenters. The van der Waals surface area contributed by atoms with E-state index in [2.05, 4.69) is 22.9 Å². The zero-order chi connectivity index (χ0) is 12.5. The van der Waals surface area contributed by atoms with E-state index in [1.807, 2.05) is 6.07 Å². The summed E-state index contributed by atoms with van der Waals surface area (Å²) < 4.78 is 27.2. The molecule has 1 heterocycles. The van der Waals surface area contributed by atoms with Crippen LogP contribution in [0.3, 0.4) is 0 Å². The van der Waals surface area contributed by atoms with E-state index in [0.29, 0.717) is 23.9 Å². The van der Waals surface area contributed by atoms with Gasteiger partial charge in [-0.3, -0.25) is 0 Å². The number of nitrogens with zero attached hydrogens (tertiary/aromatic N) is 1. The summed E-state index contributed by atoms with van der Waals surface area (Å²) >= 11 is 3.31. The topological polar surface area (TPSA) is 37.4 Å². The van der Waals surface area contributed by atoms with Gasteiger partial charge in [-0.15, -0.1) is 0 Å². The molecular formula is C12H16BrNO2S. The fraction of sp³-hybridized carbons (Fsp3) is 0.500. The van der Waals surface area contributed by atoms with E-state index in [1.165, 1.54) is 0 Å². The second-order valence-electron chi connectivity index (χ2n) is 4.57. The van der Waals surface area contributed by atoms with Gasteiger partial charge in [-0.05, 0) is 37.0 Å². The van der Waals surface area contributed by atoms with Gasteiger partial charge in [-0.25, -0.2) is 8.42 Å². The molecule has 1 fully saturated rings. The minimum Gasteiger partial charge on any atom is -0.207 e. The summed E-state index contributed by atoms with van der Waals surface area (Å²) in [6, 6.07) is 6.90. The molecule has 1 saturated heterocycles. The van der Waals surface area contributed by atoms with E-state index >= 15 is 0 Å². The maximum Gasteiger partial charge on any atom is 0.243 e. The smallest absolute Gasteiger partial charge is 0.207 e. The van der Waals surface area contributed by atoms with Crippen LogP contribution in [0.15, 0.2) is 33.6 Å². The number of piperidine rings is 1. The van der Waals surface area contributed by atoms with Gasteiger partial charge in [0.1, 0.15) is 0 Å². The van der Waals surface area contributed by atoms with E-state index in [4.69, 9.17) is 0 Å². The first kappa shape index (κ1) is 13.1. The van der Waals surface area contributed by atoms with Crippen LogP contribution < -0.4 is 0 Å². The Morgan fingerprint density at radius 1 is 1.41 bits per heavy atom. The molecule has 0 aromatic heterocycles. The highest BCUT2D eigenvalue weighted by atomic mass is 79.9. The van der Waals surface area contributed by atoms with Gasteiger partial charge in [0.05, 0.1) is 4.90 Å². The quantitative estimate of drug-likeness (QED) is 0.841. The number of benzene rings is 1. The predicted octanol–water partition coefficient (Wildman–Crippen LogP) is 2.87. The van der Waals surface area contributed by atoms with E-state index < -0.39 is 10.0 Å². The third-order valence-corrected chi connectivity index (χ3v) is 5.41. The Morgan fingerprint density at radius 2 is 2.18 bits per heavy atom. The molecule has 3 nitrogen and oxygen atoms in total. The van der Waals surface area contributed by atoms with Crippen molar-refractivity contribution in [3.8, 4) is 0 Å². The molecule has 17 heavy (non-hydrogen) atoms. The molecule has 1 atom stereocenters. The summed E-state index contributed by atoms with van der Waals surface area (Å²) in [5, 5.41) is 0. The third-order valence-electron chi connectivity index (χ3n) is 3.05. The van der Waals surface area contributed by atoms with Gasteiger partial charge in [0.15, 0.2) is 0 Å². The molecule has 0 bridgehead atoms. The van der Waals surface area contributed by atoms with Crippen molar-refractivity contribution in [3.05, 3.63) is 28.7 Å². The van der Waals surface area contributed by atoms with Crippen LogP contribution in [0.25, 0.3) is 0 Å². The van der Waals surface area contributed by atoms with Crippen LogP contribution >= 0.6 is 15.9 Å². The van der Waals surface area contributed by atoms with Gasteiger partial charge in [0, 0.05) is 17.6 Å². The van der Waals surface area contributed by atoms with Crippen molar-refractivity contribution in [2.24, 2.45) is 5.92 Å². The number of rotatable bonds is 2. The lowest BCUT2D eigenvalue weighted by Crippen LogP contribution is -2.39. The fourth-order valence-corrected chi connectivity index (χ4v) is 4.34. The average molecular weight is 318 g/mol. The number of sulfonamides is 1. The largest absolute Gasteiger partial charge is 0.243 e. The molecule has 0 saturated carbocycles. The van der Waals surface area contributed by atoms with Crippen LogP contribution in [0.4, 0.5) is 0 Å². The van der Waals surface area contributed by atoms with Crippen molar-refractivity contribution < 1.29 is 8.42 Å². The molecule has 1 aromatic rings. The molecule has 0 radical (unpaired) electrons.